The molecule has 2 rings (SSSR count). The molecule has 2 N–H and O–H groups in total. The molecule has 2 aromatic carbocycles. The Morgan fingerprint density at radius 1 is 0.571 bits per heavy atom. The lowest BCUT2D eigenvalue weighted by atomic mass is 10.1. The average Bonchev–Trinajstić information content (AvgIpc) is 2.87. The van der Waals surface area contributed by atoms with E-state index in [2.05, 4.69) is 10.2 Å². The zero-order chi connectivity index (χ0) is 25.0. The molecule has 0 unspecified atom stereocenters. The molecule has 2 aromatic rings. The van der Waals surface area contributed by atoms with Gasteiger partial charge in [-0.3, -0.25) is 0 Å². The predicted octanol–water partition coefficient (Wildman–Crippen LogP) is 7.83. The van der Waals surface area contributed by atoms with Gasteiger partial charge >= 0.3 is 0 Å². The van der Waals surface area contributed by atoms with Gasteiger partial charge in [-0.05, 0) is 80.6 Å². The Morgan fingerprint density at radius 2 is 1.06 bits per heavy atom. The number of aliphatic hydroxyl groups excluding tert-OH is 2. The molecule has 0 heterocycles. The fourth-order valence-electron chi connectivity index (χ4n) is 3.80. The summed E-state index contributed by atoms with van der Waals surface area (Å²) in [6.45, 7) is 4.08. The van der Waals surface area contributed by atoms with E-state index >= 15 is 0 Å². The van der Waals surface area contributed by atoms with E-state index in [9.17, 15) is 0 Å². The maximum atomic E-state index is 8.80. The van der Waals surface area contributed by atoms with Crippen molar-refractivity contribution in [3.05, 3.63) is 48.0 Å². The second-order valence-electron chi connectivity index (χ2n) is 9.03. The quantitative estimate of drug-likeness (QED) is 0.148. The van der Waals surface area contributed by atoms with Crippen LogP contribution in [-0.4, -0.2) is 36.6 Å². The van der Waals surface area contributed by atoms with E-state index in [0.29, 0.717) is 13.2 Å². The molecular weight excluding hydrogens is 440 g/mol. The maximum absolute atomic E-state index is 8.80. The molecule has 0 amide bonds. The van der Waals surface area contributed by atoms with E-state index in [-0.39, 0.29) is 0 Å². The number of aliphatic hydroxyl groups is 2. The molecule has 0 spiro atoms. The van der Waals surface area contributed by atoms with Gasteiger partial charge in [0, 0.05) is 13.2 Å². The van der Waals surface area contributed by atoms with Gasteiger partial charge in [-0.1, -0.05) is 51.4 Å². The minimum absolute atomic E-state index is 0.299. The lowest BCUT2D eigenvalue weighted by Crippen LogP contribution is -1.98. The van der Waals surface area contributed by atoms with Crippen molar-refractivity contribution in [2.24, 2.45) is 10.2 Å². The van der Waals surface area contributed by atoms with Crippen molar-refractivity contribution in [3.63, 3.8) is 0 Å². The van der Waals surface area contributed by atoms with Crippen LogP contribution >= 0.6 is 0 Å². The average molecular weight is 485 g/mol. The molecule has 0 aliphatic heterocycles. The highest BCUT2D eigenvalue weighted by Gasteiger charge is 2.02. The molecule has 0 aliphatic rings. The van der Waals surface area contributed by atoms with E-state index in [4.69, 9.17) is 19.7 Å². The highest BCUT2D eigenvalue weighted by molar-refractivity contribution is 5.47. The topological polar surface area (TPSA) is 83.6 Å². The highest BCUT2D eigenvalue weighted by atomic mass is 16.5. The van der Waals surface area contributed by atoms with Gasteiger partial charge in [-0.2, -0.15) is 10.2 Å². The van der Waals surface area contributed by atoms with Gasteiger partial charge in [-0.15, -0.1) is 0 Å². The highest BCUT2D eigenvalue weighted by Crippen LogP contribution is 2.26. The van der Waals surface area contributed by atoms with Crippen molar-refractivity contribution in [1.82, 2.24) is 0 Å². The largest absolute Gasteiger partial charge is 0.494 e. The van der Waals surface area contributed by atoms with Crippen LogP contribution in [-0.2, 0) is 0 Å². The van der Waals surface area contributed by atoms with Crippen molar-refractivity contribution in [1.29, 1.82) is 0 Å². The first kappa shape index (κ1) is 28.8. The lowest BCUT2D eigenvalue weighted by molar-refractivity contribution is 0.280. The van der Waals surface area contributed by atoms with E-state index in [1.54, 1.807) is 0 Å². The summed E-state index contributed by atoms with van der Waals surface area (Å²) in [4.78, 5) is 0. The molecule has 0 saturated carbocycles. The number of azo groups is 1. The van der Waals surface area contributed by atoms with Crippen molar-refractivity contribution in [2.75, 3.05) is 26.4 Å². The van der Waals surface area contributed by atoms with Crippen molar-refractivity contribution >= 4 is 11.4 Å². The summed E-state index contributed by atoms with van der Waals surface area (Å²) < 4.78 is 11.7. The summed E-state index contributed by atoms with van der Waals surface area (Å²) in [7, 11) is 0. The third-order valence-electron chi connectivity index (χ3n) is 5.91. The number of benzene rings is 2. The number of hydrogen-bond acceptors (Lipinski definition) is 6. The van der Waals surface area contributed by atoms with Crippen molar-refractivity contribution in [3.8, 4) is 11.5 Å². The molecule has 0 saturated heterocycles. The molecule has 0 aliphatic carbocycles. The molecule has 6 nitrogen and oxygen atoms in total. The summed E-state index contributed by atoms with van der Waals surface area (Å²) in [5.74, 6) is 1.75. The van der Waals surface area contributed by atoms with Crippen LogP contribution in [0.25, 0.3) is 0 Å². The normalized spacial score (nSPS) is 11.3. The van der Waals surface area contributed by atoms with Gasteiger partial charge in [0.25, 0.3) is 0 Å². The third-order valence-corrected chi connectivity index (χ3v) is 5.91. The number of unbranched alkanes of at least 4 members (excludes halogenated alkanes) is 10. The smallest absolute Gasteiger partial charge is 0.122 e. The molecule has 0 fully saturated rings. The molecule has 35 heavy (non-hydrogen) atoms. The first-order valence-electron chi connectivity index (χ1n) is 13.3. The standard InChI is InChI=1S/C29H44N2O4/c1-25-24-27(16-19-29(25)35-23-13-9-5-3-7-11-21-33)31-30-26-14-17-28(18-15-26)34-22-12-8-4-2-6-10-20-32/h14-19,24,32-33H,2-13,20-23H2,1H3/b31-30-. The monoisotopic (exact) mass is 484 g/mol. The van der Waals surface area contributed by atoms with Crippen LogP contribution < -0.4 is 9.47 Å². The second kappa shape index (κ2) is 18.8. The summed E-state index contributed by atoms with van der Waals surface area (Å²) in [6, 6.07) is 13.6. The number of aryl methyl sites for hydroxylation is 1. The molecule has 0 aromatic heterocycles. The van der Waals surface area contributed by atoms with Crippen molar-refractivity contribution in [2.45, 2.75) is 84.0 Å². The molecule has 6 heteroatoms. The van der Waals surface area contributed by atoms with Gasteiger partial charge < -0.3 is 19.7 Å². The van der Waals surface area contributed by atoms with Crippen LogP contribution in [0.1, 0.15) is 82.6 Å². The van der Waals surface area contributed by atoms with Gasteiger partial charge in [0.2, 0.25) is 0 Å². The Bertz CT molecular complexity index is 824. The molecule has 194 valence electrons. The summed E-state index contributed by atoms with van der Waals surface area (Å²) in [5.41, 5.74) is 2.65. The Morgan fingerprint density at radius 3 is 1.63 bits per heavy atom. The molecule has 0 atom stereocenters. The second-order valence-corrected chi connectivity index (χ2v) is 9.03. The first-order valence-corrected chi connectivity index (χ1v) is 13.3. The number of hydrogen-bond donors (Lipinski definition) is 2. The van der Waals surface area contributed by atoms with Crippen molar-refractivity contribution < 1.29 is 19.7 Å². The van der Waals surface area contributed by atoms with Crippen LogP contribution in [0.5, 0.6) is 11.5 Å². The van der Waals surface area contributed by atoms with Gasteiger partial charge in [-0.25, -0.2) is 0 Å². The fourth-order valence-corrected chi connectivity index (χ4v) is 3.80. The zero-order valence-electron chi connectivity index (χ0n) is 21.5. The predicted molar refractivity (Wildman–Crippen MR) is 142 cm³/mol. The minimum Gasteiger partial charge on any atom is -0.494 e. The molecule has 0 radical (unpaired) electrons. The van der Waals surface area contributed by atoms with Crippen LogP contribution in [0, 0.1) is 6.92 Å². The van der Waals surface area contributed by atoms with Crippen LogP contribution in [0.15, 0.2) is 52.7 Å². The zero-order valence-corrected chi connectivity index (χ0v) is 21.5. The number of nitrogens with zero attached hydrogens (tertiary/aromatic N) is 2. The SMILES string of the molecule is Cc1cc(/N=N\c2ccc(OCCCCCCCCO)cc2)ccc1OCCCCCCCCO. The van der Waals surface area contributed by atoms with Gasteiger partial charge in [0.1, 0.15) is 11.5 Å². The van der Waals surface area contributed by atoms with E-state index in [1.165, 1.54) is 25.7 Å². The number of ether oxygens (including phenoxy) is 2. The third kappa shape index (κ3) is 13.3. The summed E-state index contributed by atoms with van der Waals surface area (Å²) in [6.07, 6.45) is 13.2. The molecule has 0 bridgehead atoms. The van der Waals surface area contributed by atoms with E-state index < -0.39 is 0 Å². The Labute approximate surface area is 211 Å². The maximum Gasteiger partial charge on any atom is 0.122 e. The van der Waals surface area contributed by atoms with Gasteiger partial charge in [0.15, 0.2) is 0 Å². The summed E-state index contributed by atoms with van der Waals surface area (Å²) >= 11 is 0. The van der Waals surface area contributed by atoms with E-state index in [1.807, 2.05) is 49.4 Å². The van der Waals surface area contributed by atoms with E-state index in [0.717, 1.165) is 93.0 Å². The fraction of sp³-hybridized carbons (Fsp3) is 0.586. The van der Waals surface area contributed by atoms with Crippen LogP contribution in [0.4, 0.5) is 11.4 Å². The van der Waals surface area contributed by atoms with Gasteiger partial charge in [0.05, 0.1) is 24.6 Å². The minimum atomic E-state index is 0.299. The number of rotatable bonds is 20. The van der Waals surface area contributed by atoms with Crippen LogP contribution in [0.3, 0.4) is 0 Å². The first-order chi connectivity index (χ1) is 17.2. The lowest BCUT2D eigenvalue weighted by Gasteiger charge is -2.09. The Balaban J connectivity index is 1.66. The Hall–Kier alpha value is -2.44. The Kier molecular flexibility index (Phi) is 15.5. The van der Waals surface area contributed by atoms with Crippen LogP contribution in [0.2, 0.25) is 0 Å². The summed E-state index contributed by atoms with van der Waals surface area (Å²) in [5, 5.41) is 26.3. The molecular formula is C29H44N2O4.